The van der Waals surface area contributed by atoms with Crippen LogP contribution in [0.15, 0.2) is 78.9 Å². The second-order valence-electron chi connectivity index (χ2n) is 6.18. The summed E-state index contributed by atoms with van der Waals surface area (Å²) in [5.74, 6) is 5.64. The van der Waals surface area contributed by atoms with Gasteiger partial charge in [0, 0.05) is 17.2 Å². The molecule has 3 rings (SSSR count). The zero-order valence-electron chi connectivity index (χ0n) is 16.2. The molecule has 0 aliphatic carbocycles. The number of carbonyl (C=O) groups is 2. The Morgan fingerprint density at radius 2 is 1.33 bits per heavy atom. The molecule has 0 saturated heterocycles. The maximum absolute atomic E-state index is 11.9. The Labute approximate surface area is 174 Å². The highest BCUT2D eigenvalue weighted by Crippen LogP contribution is 2.13. The van der Waals surface area contributed by atoms with Gasteiger partial charge in [0.2, 0.25) is 0 Å². The van der Waals surface area contributed by atoms with E-state index in [2.05, 4.69) is 11.8 Å². The maximum atomic E-state index is 11.9. The zero-order valence-corrected chi connectivity index (χ0v) is 16.2. The third kappa shape index (κ3) is 5.85. The van der Waals surface area contributed by atoms with Gasteiger partial charge >= 0.3 is 11.9 Å². The standard InChI is InChI=1S/C25H18O5/c1-29-22-13-8-20(9-14-22)7-4-18-2-5-19(6-3-18)10-17-24(26)30-23-15-11-21(12-16-23)25(27)28/h2-3,5-6,8-17H,1H3,(H,27,28)/b17-10+. The number of benzene rings is 3. The summed E-state index contributed by atoms with van der Waals surface area (Å²) >= 11 is 0. The summed E-state index contributed by atoms with van der Waals surface area (Å²) in [5, 5.41) is 8.87. The monoisotopic (exact) mass is 398 g/mol. The second-order valence-corrected chi connectivity index (χ2v) is 6.18. The number of carbonyl (C=O) groups excluding carboxylic acids is 1. The number of carboxylic acid groups (broad SMARTS) is 1. The number of hydrogen-bond donors (Lipinski definition) is 1. The molecule has 0 spiro atoms. The number of aromatic carboxylic acids is 1. The van der Waals surface area contributed by atoms with Gasteiger partial charge in [-0.3, -0.25) is 0 Å². The molecule has 5 nitrogen and oxygen atoms in total. The molecule has 0 heterocycles. The molecule has 0 aliphatic rings. The number of carboxylic acids is 1. The van der Waals surface area contributed by atoms with Gasteiger partial charge in [0.25, 0.3) is 0 Å². The van der Waals surface area contributed by atoms with Gasteiger partial charge in [-0.05, 0) is 72.3 Å². The van der Waals surface area contributed by atoms with Gasteiger partial charge in [0.1, 0.15) is 11.5 Å². The van der Waals surface area contributed by atoms with E-state index in [1.165, 1.54) is 30.3 Å². The van der Waals surface area contributed by atoms with E-state index in [9.17, 15) is 9.59 Å². The summed E-state index contributed by atoms with van der Waals surface area (Å²) in [4.78, 5) is 22.7. The molecular formula is C25H18O5. The molecule has 0 aromatic heterocycles. The molecule has 0 fully saturated rings. The third-order valence-corrected chi connectivity index (χ3v) is 4.08. The van der Waals surface area contributed by atoms with Crippen molar-refractivity contribution in [1.82, 2.24) is 0 Å². The van der Waals surface area contributed by atoms with Gasteiger partial charge < -0.3 is 14.6 Å². The summed E-state index contributed by atoms with van der Waals surface area (Å²) in [6, 6.07) is 20.6. The van der Waals surface area contributed by atoms with Crippen molar-refractivity contribution < 1.29 is 24.2 Å². The second kappa shape index (κ2) is 9.76. The van der Waals surface area contributed by atoms with E-state index < -0.39 is 11.9 Å². The predicted octanol–water partition coefficient (Wildman–Crippen LogP) is 4.41. The smallest absolute Gasteiger partial charge is 0.336 e. The Bertz CT molecular complexity index is 1110. The lowest BCUT2D eigenvalue weighted by Gasteiger charge is -2.01. The van der Waals surface area contributed by atoms with Crippen LogP contribution in [0.4, 0.5) is 0 Å². The number of hydrogen-bond acceptors (Lipinski definition) is 4. The quantitative estimate of drug-likeness (QED) is 0.298. The van der Waals surface area contributed by atoms with Gasteiger partial charge in [-0.15, -0.1) is 0 Å². The lowest BCUT2D eigenvalue weighted by atomic mass is 10.1. The van der Waals surface area contributed by atoms with E-state index in [-0.39, 0.29) is 11.3 Å². The molecule has 0 saturated carbocycles. The van der Waals surface area contributed by atoms with E-state index >= 15 is 0 Å². The van der Waals surface area contributed by atoms with Crippen LogP contribution in [-0.4, -0.2) is 24.2 Å². The summed E-state index contributed by atoms with van der Waals surface area (Å²) in [5.41, 5.74) is 2.69. The molecule has 0 unspecified atom stereocenters. The van der Waals surface area contributed by atoms with Crippen LogP contribution >= 0.6 is 0 Å². The van der Waals surface area contributed by atoms with Crippen molar-refractivity contribution in [3.63, 3.8) is 0 Å². The molecule has 5 heteroatoms. The first-order chi connectivity index (χ1) is 14.5. The fourth-order valence-electron chi connectivity index (χ4n) is 2.48. The normalized spacial score (nSPS) is 10.2. The third-order valence-electron chi connectivity index (χ3n) is 4.08. The molecule has 1 N–H and O–H groups in total. The molecule has 3 aromatic rings. The Kier molecular flexibility index (Phi) is 6.65. The van der Waals surface area contributed by atoms with Crippen LogP contribution in [0.25, 0.3) is 6.08 Å². The number of methoxy groups -OCH3 is 1. The molecule has 30 heavy (non-hydrogen) atoms. The average molecular weight is 398 g/mol. The molecule has 3 aromatic carbocycles. The number of ether oxygens (including phenoxy) is 2. The first-order valence-corrected chi connectivity index (χ1v) is 9.03. The summed E-state index contributed by atoms with van der Waals surface area (Å²) in [7, 11) is 1.62. The van der Waals surface area contributed by atoms with Crippen molar-refractivity contribution in [3.8, 4) is 23.3 Å². The SMILES string of the molecule is COc1ccc(C#Cc2ccc(/C=C/C(=O)Oc3ccc(C(=O)O)cc3)cc2)cc1. The molecule has 0 amide bonds. The van der Waals surface area contributed by atoms with Crippen LogP contribution in [0.5, 0.6) is 11.5 Å². The van der Waals surface area contributed by atoms with Gasteiger partial charge in [0.05, 0.1) is 12.7 Å². The first kappa shape index (κ1) is 20.4. The van der Waals surface area contributed by atoms with Crippen LogP contribution in [0.1, 0.15) is 27.0 Å². The van der Waals surface area contributed by atoms with Gasteiger partial charge in [-0.25, -0.2) is 9.59 Å². The van der Waals surface area contributed by atoms with E-state index in [1.54, 1.807) is 13.2 Å². The fourth-order valence-corrected chi connectivity index (χ4v) is 2.48. The molecule has 148 valence electrons. The van der Waals surface area contributed by atoms with Crippen molar-refractivity contribution in [2.75, 3.05) is 7.11 Å². The van der Waals surface area contributed by atoms with Crippen molar-refractivity contribution in [3.05, 3.63) is 101 Å². The lowest BCUT2D eigenvalue weighted by molar-refractivity contribution is -0.128. The van der Waals surface area contributed by atoms with Crippen LogP contribution < -0.4 is 9.47 Å². The van der Waals surface area contributed by atoms with Crippen LogP contribution in [0.2, 0.25) is 0 Å². The molecule has 0 bridgehead atoms. The predicted molar refractivity (Wildman–Crippen MR) is 113 cm³/mol. The van der Waals surface area contributed by atoms with Crippen molar-refractivity contribution in [2.24, 2.45) is 0 Å². The molecule has 0 aliphatic heterocycles. The lowest BCUT2D eigenvalue weighted by Crippen LogP contribution is -2.04. The van der Waals surface area contributed by atoms with Crippen molar-refractivity contribution in [1.29, 1.82) is 0 Å². The topological polar surface area (TPSA) is 72.8 Å². The minimum absolute atomic E-state index is 0.125. The Morgan fingerprint density at radius 3 is 1.87 bits per heavy atom. The Balaban J connectivity index is 1.58. The first-order valence-electron chi connectivity index (χ1n) is 9.03. The van der Waals surface area contributed by atoms with Crippen molar-refractivity contribution >= 4 is 18.0 Å². The maximum Gasteiger partial charge on any atom is 0.336 e. The average Bonchev–Trinajstić information content (AvgIpc) is 2.77. The zero-order chi connectivity index (χ0) is 21.3. The van der Waals surface area contributed by atoms with E-state index in [0.29, 0.717) is 0 Å². The minimum Gasteiger partial charge on any atom is -0.497 e. The van der Waals surface area contributed by atoms with Crippen LogP contribution in [-0.2, 0) is 4.79 Å². The fraction of sp³-hybridized carbons (Fsp3) is 0.0400. The number of esters is 1. The van der Waals surface area contributed by atoms with Crippen LogP contribution in [0.3, 0.4) is 0 Å². The van der Waals surface area contributed by atoms with Gasteiger partial charge in [0.15, 0.2) is 0 Å². The number of rotatable bonds is 5. The van der Waals surface area contributed by atoms with Gasteiger partial charge in [-0.2, -0.15) is 0 Å². The molecular weight excluding hydrogens is 380 g/mol. The van der Waals surface area contributed by atoms with Crippen molar-refractivity contribution in [2.45, 2.75) is 0 Å². The van der Waals surface area contributed by atoms with Crippen LogP contribution in [0, 0.1) is 11.8 Å². The minimum atomic E-state index is -1.04. The highest BCUT2D eigenvalue weighted by atomic mass is 16.5. The highest BCUT2D eigenvalue weighted by Gasteiger charge is 2.04. The van der Waals surface area contributed by atoms with E-state index in [1.807, 2.05) is 48.5 Å². The summed E-state index contributed by atoms with van der Waals surface area (Å²) < 4.78 is 10.3. The summed E-state index contributed by atoms with van der Waals surface area (Å²) in [6.07, 6.45) is 2.94. The van der Waals surface area contributed by atoms with E-state index in [0.717, 1.165) is 22.4 Å². The summed E-state index contributed by atoms with van der Waals surface area (Å²) in [6.45, 7) is 0. The highest BCUT2D eigenvalue weighted by molar-refractivity contribution is 5.89. The largest absolute Gasteiger partial charge is 0.497 e. The Hall–Kier alpha value is -4.30. The van der Waals surface area contributed by atoms with Gasteiger partial charge in [-0.1, -0.05) is 24.0 Å². The molecule has 0 radical (unpaired) electrons. The van der Waals surface area contributed by atoms with E-state index in [4.69, 9.17) is 14.6 Å². The Morgan fingerprint density at radius 1 is 0.800 bits per heavy atom. The molecule has 0 atom stereocenters.